The van der Waals surface area contributed by atoms with Crippen LogP contribution in [0.3, 0.4) is 0 Å². The van der Waals surface area contributed by atoms with Crippen molar-refractivity contribution in [2.45, 2.75) is 36.3 Å². The number of carbonyl (C=O) groups is 1. The third-order valence-electron chi connectivity index (χ3n) is 4.84. The molecule has 0 aliphatic heterocycles. The highest BCUT2D eigenvalue weighted by Crippen LogP contribution is 2.34. The second kappa shape index (κ2) is 17.2. The van der Waals surface area contributed by atoms with Crippen molar-refractivity contribution in [1.82, 2.24) is 5.32 Å². The van der Waals surface area contributed by atoms with Gasteiger partial charge in [-0.3, -0.25) is 4.79 Å². The number of amides is 1. The van der Waals surface area contributed by atoms with Crippen LogP contribution in [0.15, 0.2) is 28.2 Å². The molecule has 1 rings (SSSR count). The Kier molecular flexibility index (Phi) is 15.1. The molecular weight excluding hydrogens is 521 g/mol. The number of sulfone groups is 1. The van der Waals surface area contributed by atoms with Crippen molar-refractivity contribution in [2.24, 2.45) is 5.11 Å². The average molecular weight is 554 g/mol. The second-order valence-corrected chi connectivity index (χ2v) is 9.54. The maximum atomic E-state index is 13.5. The lowest BCUT2D eigenvalue weighted by molar-refractivity contribution is -0.138. The summed E-state index contributed by atoms with van der Waals surface area (Å²) < 4.78 is 87.0. The van der Waals surface area contributed by atoms with Crippen LogP contribution >= 0.6 is 0 Å². The minimum Gasteiger partial charge on any atom is -0.379 e. The van der Waals surface area contributed by atoms with Gasteiger partial charge in [-0.1, -0.05) is 12.0 Å². The van der Waals surface area contributed by atoms with Crippen LogP contribution < -0.4 is 5.32 Å². The first kappa shape index (κ1) is 32.6. The molecule has 0 aliphatic rings. The van der Waals surface area contributed by atoms with Crippen molar-refractivity contribution in [3.63, 3.8) is 0 Å². The molecule has 1 N–H and O–H groups in total. The normalized spacial score (nSPS) is 12.7. The van der Waals surface area contributed by atoms with E-state index < -0.39 is 43.4 Å². The van der Waals surface area contributed by atoms with E-state index >= 15 is 0 Å². The van der Waals surface area contributed by atoms with Gasteiger partial charge >= 0.3 is 6.18 Å². The number of alkyl halides is 3. The van der Waals surface area contributed by atoms with Crippen molar-refractivity contribution < 1.29 is 45.3 Å². The standard InChI is InChI=1S/C22H32F3N4O7S/c1-3-4-5-20(33-2)37(31,32)17-6-7-19(22(23,24)25)18(16-17)21(30)27-8-10-34-12-14-36-15-13-35-11-9-28-29-26/h3,6-7,16,20H,4-5,8-15H2,1-2H3,(H,27,30)/t20-/m0/s1. The van der Waals surface area contributed by atoms with E-state index in [0.717, 1.165) is 12.1 Å². The number of unbranched alkanes of at least 4 members (excludes halogenated alkanes) is 1. The first-order valence-electron chi connectivity index (χ1n) is 11.4. The Bertz CT molecular complexity index is 987. The topological polar surface area (TPSA) is 149 Å². The number of methoxy groups -OCH3 is 1. The Hall–Kier alpha value is -2.42. The zero-order chi connectivity index (χ0) is 27.7. The van der Waals surface area contributed by atoms with Gasteiger partial charge < -0.3 is 24.3 Å². The number of nitrogens with one attached hydrogen (secondary N) is 1. The van der Waals surface area contributed by atoms with E-state index in [9.17, 15) is 26.4 Å². The highest BCUT2D eigenvalue weighted by molar-refractivity contribution is 7.91. The third-order valence-corrected chi connectivity index (χ3v) is 6.88. The van der Waals surface area contributed by atoms with E-state index in [1.54, 1.807) is 13.3 Å². The Morgan fingerprint density at radius 2 is 1.76 bits per heavy atom. The lowest BCUT2D eigenvalue weighted by atomic mass is 10.1. The molecule has 1 aromatic carbocycles. The Labute approximate surface area is 214 Å². The van der Waals surface area contributed by atoms with Crippen molar-refractivity contribution in [1.29, 1.82) is 0 Å². The summed E-state index contributed by atoms with van der Waals surface area (Å²) in [6.07, 6.45) is -2.59. The number of ether oxygens (including phenoxy) is 4. The summed E-state index contributed by atoms with van der Waals surface area (Å²) in [5.41, 5.74) is 4.79. The van der Waals surface area contributed by atoms with Gasteiger partial charge in [0.25, 0.3) is 5.91 Å². The minimum atomic E-state index is -4.87. The van der Waals surface area contributed by atoms with Gasteiger partial charge in [-0.05, 0) is 43.0 Å². The van der Waals surface area contributed by atoms with Gasteiger partial charge in [-0.2, -0.15) is 13.2 Å². The summed E-state index contributed by atoms with van der Waals surface area (Å²) >= 11 is 0. The van der Waals surface area contributed by atoms with E-state index in [0.29, 0.717) is 19.1 Å². The number of halogens is 3. The van der Waals surface area contributed by atoms with Gasteiger partial charge in [-0.15, -0.1) is 0 Å². The lowest BCUT2D eigenvalue weighted by Crippen LogP contribution is -2.30. The number of azide groups is 1. The van der Waals surface area contributed by atoms with Gasteiger partial charge in [-0.25, -0.2) is 8.42 Å². The van der Waals surface area contributed by atoms with Crippen LogP contribution in [0.2, 0.25) is 0 Å². The molecule has 0 heterocycles. The molecule has 1 atom stereocenters. The van der Waals surface area contributed by atoms with Crippen LogP contribution in [-0.2, 0) is 35.0 Å². The van der Waals surface area contributed by atoms with E-state index in [4.69, 9.17) is 24.5 Å². The SMILES string of the molecule is C[CH]CC[C@@H](OC)S(=O)(=O)c1ccc(C(F)(F)F)c(C(=O)NCCOCCOCCOCCN=[N+]=[N-])c1. The molecule has 0 unspecified atom stereocenters. The highest BCUT2D eigenvalue weighted by Gasteiger charge is 2.37. The van der Waals surface area contributed by atoms with Gasteiger partial charge in [0.15, 0.2) is 5.44 Å². The molecule has 15 heteroatoms. The predicted octanol–water partition coefficient (Wildman–Crippen LogP) is 3.55. The fourth-order valence-corrected chi connectivity index (χ4v) is 4.56. The van der Waals surface area contributed by atoms with Crippen LogP contribution in [0.1, 0.15) is 35.7 Å². The Morgan fingerprint density at radius 1 is 1.14 bits per heavy atom. The van der Waals surface area contributed by atoms with Crippen LogP contribution in [-0.4, -0.2) is 79.6 Å². The molecule has 0 aromatic heterocycles. The quantitative estimate of drug-likeness (QED) is 0.119. The smallest absolute Gasteiger partial charge is 0.379 e. The summed E-state index contributed by atoms with van der Waals surface area (Å²) in [7, 11) is -2.95. The molecule has 0 saturated heterocycles. The summed E-state index contributed by atoms with van der Waals surface area (Å²) in [5.74, 6) is -1.09. The number of carbonyl (C=O) groups excluding carboxylic acids is 1. The van der Waals surface area contributed by atoms with Crippen LogP contribution in [0.5, 0.6) is 0 Å². The maximum absolute atomic E-state index is 13.5. The zero-order valence-electron chi connectivity index (χ0n) is 20.7. The number of rotatable bonds is 19. The monoisotopic (exact) mass is 553 g/mol. The molecule has 0 spiro atoms. The fourth-order valence-electron chi connectivity index (χ4n) is 3.01. The molecule has 0 aliphatic carbocycles. The molecular formula is C22H32F3N4O7S. The molecule has 37 heavy (non-hydrogen) atoms. The summed E-state index contributed by atoms with van der Waals surface area (Å²) in [6, 6.07) is 2.12. The van der Waals surface area contributed by atoms with Crippen molar-refractivity contribution in [3.05, 3.63) is 46.2 Å². The molecule has 1 aromatic rings. The van der Waals surface area contributed by atoms with E-state index in [1.807, 2.05) is 0 Å². The van der Waals surface area contributed by atoms with Gasteiger partial charge in [0.1, 0.15) is 0 Å². The zero-order valence-corrected chi connectivity index (χ0v) is 21.5. The largest absolute Gasteiger partial charge is 0.417 e. The molecule has 1 radical (unpaired) electrons. The van der Waals surface area contributed by atoms with Crippen LogP contribution in [0, 0.1) is 6.42 Å². The van der Waals surface area contributed by atoms with E-state index in [1.165, 1.54) is 7.11 Å². The lowest BCUT2D eigenvalue weighted by Gasteiger charge is -2.18. The first-order chi connectivity index (χ1) is 17.6. The van der Waals surface area contributed by atoms with Crippen LogP contribution in [0.25, 0.3) is 10.4 Å². The summed E-state index contributed by atoms with van der Waals surface area (Å²) in [5, 5.41) is 5.62. The Balaban J connectivity index is 2.64. The average Bonchev–Trinajstić information content (AvgIpc) is 2.86. The van der Waals surface area contributed by atoms with Crippen molar-refractivity contribution in [3.8, 4) is 0 Å². The summed E-state index contributed by atoms with van der Waals surface area (Å²) in [6.45, 7) is 3.11. The minimum absolute atomic E-state index is 0.00360. The molecule has 11 nitrogen and oxygen atoms in total. The van der Waals surface area contributed by atoms with Gasteiger partial charge in [0, 0.05) is 25.1 Å². The van der Waals surface area contributed by atoms with E-state index in [-0.39, 0.29) is 52.5 Å². The Morgan fingerprint density at radius 3 is 2.32 bits per heavy atom. The van der Waals surface area contributed by atoms with Crippen molar-refractivity contribution in [2.75, 3.05) is 59.8 Å². The number of nitrogens with zero attached hydrogens (tertiary/aromatic N) is 3. The molecule has 0 saturated carbocycles. The molecule has 209 valence electrons. The fraction of sp³-hybridized carbons (Fsp3) is 0.636. The second-order valence-electron chi connectivity index (χ2n) is 7.45. The number of hydrogen-bond acceptors (Lipinski definition) is 8. The third kappa shape index (κ3) is 11.7. The summed E-state index contributed by atoms with van der Waals surface area (Å²) in [4.78, 5) is 14.7. The van der Waals surface area contributed by atoms with E-state index in [2.05, 4.69) is 15.3 Å². The first-order valence-corrected chi connectivity index (χ1v) is 12.9. The van der Waals surface area contributed by atoms with Crippen molar-refractivity contribution >= 4 is 15.7 Å². The molecule has 1 amide bonds. The maximum Gasteiger partial charge on any atom is 0.417 e. The number of hydrogen-bond donors (Lipinski definition) is 1. The predicted molar refractivity (Wildman–Crippen MR) is 127 cm³/mol. The molecule has 0 fully saturated rings. The van der Waals surface area contributed by atoms with Gasteiger partial charge in [0.2, 0.25) is 9.84 Å². The number of benzene rings is 1. The molecule has 0 bridgehead atoms. The van der Waals surface area contributed by atoms with Gasteiger partial charge in [0.05, 0.1) is 55.7 Å². The highest BCUT2D eigenvalue weighted by atomic mass is 32.2. The van der Waals surface area contributed by atoms with Crippen LogP contribution in [0.4, 0.5) is 13.2 Å².